The third-order valence-electron chi connectivity index (χ3n) is 4.58. The molecule has 3 rings (SSSR count). The molecule has 2 atom stereocenters. The van der Waals surface area contributed by atoms with E-state index in [1.165, 1.54) is 0 Å². The van der Waals surface area contributed by atoms with Gasteiger partial charge < -0.3 is 14.2 Å². The van der Waals surface area contributed by atoms with Crippen molar-refractivity contribution in [1.29, 1.82) is 0 Å². The summed E-state index contributed by atoms with van der Waals surface area (Å²) in [6, 6.07) is 30.4. The zero-order valence-electron chi connectivity index (χ0n) is 16.7. The topological polar surface area (TPSA) is 27.7 Å². The molecule has 0 saturated heterocycles. The van der Waals surface area contributed by atoms with Crippen molar-refractivity contribution in [2.75, 3.05) is 6.61 Å². The van der Waals surface area contributed by atoms with E-state index in [1.807, 2.05) is 66.7 Å². The van der Waals surface area contributed by atoms with Gasteiger partial charge in [-0.25, -0.2) is 0 Å². The molecule has 0 saturated carbocycles. The Hall–Kier alpha value is -2.72. The molecule has 0 aliphatic carbocycles. The van der Waals surface area contributed by atoms with Crippen molar-refractivity contribution in [2.24, 2.45) is 0 Å². The molecule has 0 aromatic heterocycles. The van der Waals surface area contributed by atoms with Crippen LogP contribution in [0.2, 0.25) is 0 Å². The number of benzene rings is 3. The summed E-state index contributed by atoms with van der Waals surface area (Å²) in [6.45, 7) is 5.92. The molecule has 0 amide bonds. The zero-order valence-corrected chi connectivity index (χ0v) is 16.7. The fraction of sp³-hybridized carbons (Fsp3) is 0.231. The summed E-state index contributed by atoms with van der Waals surface area (Å²) in [5.74, 6) is 0. The summed E-state index contributed by atoms with van der Waals surface area (Å²) in [5.41, 5.74) is 3.37. The lowest BCUT2D eigenvalue weighted by Gasteiger charge is -2.25. The van der Waals surface area contributed by atoms with Crippen LogP contribution in [0.15, 0.2) is 104 Å². The van der Waals surface area contributed by atoms with E-state index in [0.717, 1.165) is 16.7 Å². The number of hydrogen-bond donors (Lipinski definition) is 0. The Bertz CT molecular complexity index is 818. The summed E-state index contributed by atoms with van der Waals surface area (Å²) in [7, 11) is 0. The Kier molecular flexibility index (Phi) is 8.67. The van der Waals surface area contributed by atoms with Gasteiger partial charge in [0.15, 0.2) is 0 Å². The molecule has 0 unspecified atom stereocenters. The first-order chi connectivity index (χ1) is 14.3. The second kappa shape index (κ2) is 12.0. The van der Waals surface area contributed by atoms with Gasteiger partial charge in [-0.15, -0.1) is 6.58 Å². The minimum atomic E-state index is -0.269. The van der Waals surface area contributed by atoms with E-state index in [-0.39, 0.29) is 12.2 Å². The van der Waals surface area contributed by atoms with Crippen molar-refractivity contribution >= 4 is 0 Å². The molecule has 0 aliphatic heterocycles. The fourth-order valence-corrected chi connectivity index (χ4v) is 2.98. The van der Waals surface area contributed by atoms with Crippen LogP contribution in [0.3, 0.4) is 0 Å². The first kappa shape index (κ1) is 21.0. The van der Waals surface area contributed by atoms with Crippen LogP contribution in [0.5, 0.6) is 0 Å². The molecule has 0 spiro atoms. The molecular weight excluding hydrogens is 360 g/mol. The molecule has 0 N–H and O–H groups in total. The van der Waals surface area contributed by atoms with Gasteiger partial charge in [-0.05, 0) is 16.7 Å². The van der Waals surface area contributed by atoms with Gasteiger partial charge in [-0.1, -0.05) is 97.1 Å². The molecule has 150 valence electrons. The molecule has 0 heterocycles. The average molecular weight is 389 g/mol. The number of rotatable bonds is 12. The Morgan fingerprint density at radius 1 is 0.621 bits per heavy atom. The zero-order chi connectivity index (χ0) is 20.2. The van der Waals surface area contributed by atoms with Crippen LogP contribution in [0.25, 0.3) is 0 Å². The molecule has 0 aliphatic rings. The molecule has 0 fully saturated rings. The lowest BCUT2D eigenvalue weighted by Crippen LogP contribution is -2.34. The Morgan fingerprint density at radius 3 is 1.55 bits per heavy atom. The van der Waals surface area contributed by atoms with E-state index in [9.17, 15) is 0 Å². The summed E-state index contributed by atoms with van der Waals surface area (Å²) in [5, 5.41) is 0. The van der Waals surface area contributed by atoms with Gasteiger partial charge in [0.05, 0.1) is 26.4 Å². The molecule has 0 radical (unpaired) electrons. The molecule has 0 bridgehead atoms. The Labute approximate surface area is 173 Å². The third kappa shape index (κ3) is 7.31. The van der Waals surface area contributed by atoms with Gasteiger partial charge >= 0.3 is 0 Å². The van der Waals surface area contributed by atoms with E-state index >= 15 is 0 Å². The van der Waals surface area contributed by atoms with Crippen molar-refractivity contribution in [2.45, 2.75) is 32.0 Å². The first-order valence-electron chi connectivity index (χ1n) is 9.90. The van der Waals surface area contributed by atoms with Crippen LogP contribution in [0.4, 0.5) is 0 Å². The highest BCUT2D eigenvalue weighted by molar-refractivity contribution is 5.15. The lowest BCUT2D eigenvalue weighted by atomic mass is 10.2. The summed E-state index contributed by atoms with van der Waals surface area (Å²) in [6.07, 6.45) is 1.28. The van der Waals surface area contributed by atoms with Crippen LogP contribution in [0, 0.1) is 0 Å². The summed E-state index contributed by atoms with van der Waals surface area (Å²) >= 11 is 0. The molecular formula is C26H28O3. The van der Waals surface area contributed by atoms with Gasteiger partial charge in [0.2, 0.25) is 0 Å². The maximum Gasteiger partial charge on any atom is 0.111 e. The van der Waals surface area contributed by atoms with Crippen LogP contribution < -0.4 is 0 Å². The van der Waals surface area contributed by atoms with Crippen molar-refractivity contribution in [3.63, 3.8) is 0 Å². The first-order valence-corrected chi connectivity index (χ1v) is 9.90. The number of ether oxygens (including phenoxy) is 3. The molecule has 3 heteroatoms. The molecule has 3 aromatic carbocycles. The second-order valence-electron chi connectivity index (χ2n) is 6.83. The standard InChI is InChI=1S/C26H28O3/c1-2-25(28-19-23-14-8-4-9-15-23)26(29-20-24-16-10-5-11-17-24)21-27-18-22-12-6-3-7-13-22/h2-17,25-26H,1,18-21H2/t25-,26-/m1/s1. The molecule has 3 aromatic rings. The minimum absolute atomic E-state index is 0.250. The van der Waals surface area contributed by atoms with E-state index < -0.39 is 0 Å². The van der Waals surface area contributed by atoms with E-state index in [0.29, 0.717) is 26.4 Å². The number of hydrogen-bond acceptors (Lipinski definition) is 3. The van der Waals surface area contributed by atoms with Gasteiger partial charge in [0.1, 0.15) is 12.2 Å². The van der Waals surface area contributed by atoms with Gasteiger partial charge in [-0.3, -0.25) is 0 Å². The maximum atomic E-state index is 6.19. The van der Waals surface area contributed by atoms with E-state index in [1.54, 1.807) is 6.08 Å². The SMILES string of the molecule is C=C[C@@H](OCc1ccccc1)[C@@H](COCc1ccccc1)OCc1ccccc1. The average Bonchev–Trinajstić information content (AvgIpc) is 2.79. The highest BCUT2D eigenvalue weighted by Crippen LogP contribution is 2.14. The second-order valence-corrected chi connectivity index (χ2v) is 6.83. The highest BCUT2D eigenvalue weighted by Gasteiger charge is 2.21. The smallest absolute Gasteiger partial charge is 0.111 e. The van der Waals surface area contributed by atoms with Crippen LogP contribution in [-0.4, -0.2) is 18.8 Å². The largest absolute Gasteiger partial charge is 0.374 e. The normalized spacial score (nSPS) is 13.0. The van der Waals surface area contributed by atoms with Crippen LogP contribution >= 0.6 is 0 Å². The van der Waals surface area contributed by atoms with Gasteiger partial charge in [0, 0.05) is 0 Å². The van der Waals surface area contributed by atoms with Gasteiger partial charge in [0.25, 0.3) is 0 Å². The quantitative estimate of drug-likeness (QED) is 0.380. The molecule has 29 heavy (non-hydrogen) atoms. The van der Waals surface area contributed by atoms with Crippen molar-refractivity contribution in [1.82, 2.24) is 0 Å². The predicted octanol–water partition coefficient (Wildman–Crippen LogP) is 5.56. The van der Waals surface area contributed by atoms with Crippen molar-refractivity contribution in [3.8, 4) is 0 Å². The summed E-state index contributed by atoms with van der Waals surface area (Å²) in [4.78, 5) is 0. The summed E-state index contributed by atoms with van der Waals surface area (Å²) < 4.78 is 18.2. The van der Waals surface area contributed by atoms with E-state index in [2.05, 4.69) is 30.8 Å². The monoisotopic (exact) mass is 388 g/mol. The van der Waals surface area contributed by atoms with Crippen molar-refractivity contribution in [3.05, 3.63) is 120 Å². The maximum absolute atomic E-state index is 6.19. The lowest BCUT2D eigenvalue weighted by molar-refractivity contribution is -0.0997. The minimum Gasteiger partial charge on any atom is -0.374 e. The third-order valence-corrected chi connectivity index (χ3v) is 4.58. The van der Waals surface area contributed by atoms with Crippen LogP contribution in [0.1, 0.15) is 16.7 Å². The Morgan fingerprint density at radius 2 is 1.07 bits per heavy atom. The van der Waals surface area contributed by atoms with Crippen molar-refractivity contribution < 1.29 is 14.2 Å². The Balaban J connectivity index is 1.59. The fourth-order valence-electron chi connectivity index (χ4n) is 2.98. The highest BCUT2D eigenvalue weighted by atomic mass is 16.6. The molecule has 3 nitrogen and oxygen atoms in total. The van der Waals surface area contributed by atoms with E-state index in [4.69, 9.17) is 14.2 Å². The van der Waals surface area contributed by atoms with Crippen LogP contribution in [-0.2, 0) is 34.0 Å². The van der Waals surface area contributed by atoms with Gasteiger partial charge in [-0.2, -0.15) is 0 Å². The predicted molar refractivity (Wildman–Crippen MR) is 116 cm³/mol.